The maximum atomic E-state index is 14.2. The number of allylic oxidation sites excluding steroid dienone is 1. The van der Waals surface area contributed by atoms with Gasteiger partial charge in [-0.15, -0.1) is 0 Å². The molecule has 1 saturated heterocycles. The minimum absolute atomic E-state index is 0.0273. The van der Waals surface area contributed by atoms with Crippen molar-refractivity contribution in [3.63, 3.8) is 0 Å². The topological polar surface area (TPSA) is 106 Å². The lowest BCUT2D eigenvalue weighted by Gasteiger charge is -2.47. The standard InChI is InChI=1S/C42H36BNO6/c45-37-19-17-26(30-12-4-5-13-31(30)37)22-27(36-16-8-9-21-44-36)18-20-38-39-28(25-49-29-10-2-1-3-11-29)23-34-40(35(39)24-43(48)50-38)42(47)33-15-7-6-14-32(33)41(34)46/h1-17,19,21-22,34-35,38,40,45,48H,18,20,23-25H2/b27-22-/t34-,35+,38-,40-/m1/s1. The normalized spacial score (nSPS) is 21.9. The van der Waals surface area contributed by atoms with Crippen LogP contribution in [0.3, 0.4) is 0 Å². The summed E-state index contributed by atoms with van der Waals surface area (Å²) in [5.74, 6) is -0.618. The van der Waals surface area contributed by atoms with E-state index in [9.17, 15) is 19.7 Å². The third kappa shape index (κ3) is 5.95. The number of carbonyl (C=O) groups excluding carboxylic acids is 2. The minimum Gasteiger partial charge on any atom is -0.507 e. The highest BCUT2D eigenvalue weighted by molar-refractivity contribution is 6.43. The van der Waals surface area contributed by atoms with Crippen molar-refractivity contribution in [2.75, 3.05) is 6.61 Å². The first-order valence-electron chi connectivity index (χ1n) is 17.2. The van der Waals surface area contributed by atoms with Crippen LogP contribution in [0, 0.1) is 17.8 Å². The number of ether oxygens (including phenoxy) is 1. The molecule has 8 rings (SSSR count). The summed E-state index contributed by atoms with van der Waals surface area (Å²) in [5.41, 5.74) is 5.57. The molecule has 2 heterocycles. The highest BCUT2D eigenvalue weighted by Crippen LogP contribution is 2.51. The highest BCUT2D eigenvalue weighted by Gasteiger charge is 2.53. The molecule has 8 heteroatoms. The molecule has 0 radical (unpaired) electrons. The Bertz CT molecular complexity index is 2150. The summed E-state index contributed by atoms with van der Waals surface area (Å²) >= 11 is 0. The molecule has 4 aromatic carbocycles. The number of nitrogens with zero attached hydrogens (tertiary/aromatic N) is 1. The van der Waals surface area contributed by atoms with Gasteiger partial charge in [0.15, 0.2) is 11.6 Å². The number of phenols is 1. The van der Waals surface area contributed by atoms with E-state index in [2.05, 4.69) is 11.1 Å². The van der Waals surface area contributed by atoms with Crippen molar-refractivity contribution in [3.05, 3.63) is 149 Å². The molecule has 2 N–H and O–H groups in total. The molecule has 1 fully saturated rings. The zero-order valence-corrected chi connectivity index (χ0v) is 27.4. The van der Waals surface area contributed by atoms with Gasteiger partial charge in [-0.05, 0) is 95.6 Å². The quantitative estimate of drug-likeness (QED) is 0.129. The van der Waals surface area contributed by atoms with Crippen LogP contribution < -0.4 is 4.74 Å². The molecule has 0 saturated carbocycles. The van der Waals surface area contributed by atoms with Gasteiger partial charge in [0.1, 0.15) is 18.1 Å². The SMILES string of the molecule is O=C1c2ccccc2C(=O)[C@@H]2CC(COc3ccccc3)=C3[C@@H](CC/C(=C/c4ccc(O)c5ccccc45)c4ccccn4)OB(O)C[C@@H]3[C@H]12. The van der Waals surface area contributed by atoms with Crippen LogP contribution in [-0.2, 0) is 4.65 Å². The summed E-state index contributed by atoms with van der Waals surface area (Å²) in [4.78, 5) is 32.8. The van der Waals surface area contributed by atoms with E-state index in [1.165, 1.54) is 0 Å². The fourth-order valence-corrected chi connectivity index (χ4v) is 8.22. The van der Waals surface area contributed by atoms with Gasteiger partial charge in [-0.25, -0.2) is 0 Å². The lowest BCUT2D eigenvalue weighted by atomic mass is 9.54. The van der Waals surface area contributed by atoms with Crippen molar-refractivity contribution < 1.29 is 29.1 Å². The zero-order chi connectivity index (χ0) is 34.2. The van der Waals surface area contributed by atoms with E-state index in [-0.39, 0.29) is 36.2 Å². The second-order valence-corrected chi connectivity index (χ2v) is 13.3. The summed E-state index contributed by atoms with van der Waals surface area (Å²) < 4.78 is 12.6. The second-order valence-electron chi connectivity index (χ2n) is 13.3. The molecule has 2 aliphatic carbocycles. The largest absolute Gasteiger partial charge is 0.507 e. The molecule has 0 spiro atoms. The van der Waals surface area contributed by atoms with Crippen molar-refractivity contribution in [2.45, 2.75) is 31.7 Å². The van der Waals surface area contributed by atoms with E-state index in [0.29, 0.717) is 36.1 Å². The van der Waals surface area contributed by atoms with E-state index < -0.39 is 25.1 Å². The molecular weight excluding hydrogens is 625 g/mol. The molecule has 4 atom stereocenters. The van der Waals surface area contributed by atoms with Crippen LogP contribution in [0.4, 0.5) is 0 Å². The zero-order valence-electron chi connectivity index (χ0n) is 27.4. The lowest BCUT2D eigenvalue weighted by molar-refractivity contribution is 0.0593. The van der Waals surface area contributed by atoms with Gasteiger partial charge < -0.3 is 19.5 Å². The monoisotopic (exact) mass is 661 g/mol. The lowest BCUT2D eigenvalue weighted by Crippen LogP contribution is -2.51. The number of para-hydroxylation sites is 1. The first-order valence-corrected chi connectivity index (χ1v) is 17.2. The van der Waals surface area contributed by atoms with Gasteiger partial charge >= 0.3 is 7.12 Å². The molecule has 0 bridgehead atoms. The molecule has 1 aliphatic heterocycles. The van der Waals surface area contributed by atoms with Crippen LogP contribution in [0.25, 0.3) is 22.4 Å². The number of benzene rings is 4. The maximum absolute atomic E-state index is 14.2. The second kappa shape index (κ2) is 13.5. The average molecular weight is 662 g/mol. The Hall–Kier alpha value is -5.31. The van der Waals surface area contributed by atoms with Gasteiger partial charge in [0.2, 0.25) is 0 Å². The number of aromatic hydroxyl groups is 1. The van der Waals surface area contributed by atoms with Crippen LogP contribution in [0.1, 0.15) is 51.2 Å². The molecule has 0 unspecified atom stereocenters. The third-order valence-electron chi connectivity index (χ3n) is 10.5. The molecule has 50 heavy (non-hydrogen) atoms. The van der Waals surface area contributed by atoms with E-state index in [1.54, 1.807) is 36.5 Å². The van der Waals surface area contributed by atoms with Gasteiger partial charge in [0.25, 0.3) is 0 Å². The third-order valence-corrected chi connectivity index (χ3v) is 10.5. The van der Waals surface area contributed by atoms with Gasteiger partial charge in [-0.3, -0.25) is 14.6 Å². The minimum atomic E-state index is -1.09. The molecule has 1 aromatic heterocycles. The fraction of sp³-hybridized carbons (Fsp3) is 0.214. The van der Waals surface area contributed by atoms with Crippen molar-refractivity contribution >= 4 is 41.1 Å². The Kier molecular flexibility index (Phi) is 8.65. The van der Waals surface area contributed by atoms with Crippen molar-refractivity contribution in [2.24, 2.45) is 17.8 Å². The van der Waals surface area contributed by atoms with Gasteiger partial charge in [0, 0.05) is 34.5 Å². The number of phenolic OH excluding ortho intramolecular Hbond substituents is 1. The summed E-state index contributed by atoms with van der Waals surface area (Å²) in [6.45, 7) is 0.251. The summed E-state index contributed by atoms with van der Waals surface area (Å²) in [7, 11) is -1.09. The smallest absolute Gasteiger partial charge is 0.455 e. The van der Waals surface area contributed by atoms with Crippen molar-refractivity contribution in [1.82, 2.24) is 4.98 Å². The highest BCUT2D eigenvalue weighted by atomic mass is 16.5. The Balaban J connectivity index is 1.18. The number of pyridine rings is 1. The first-order chi connectivity index (χ1) is 24.5. The maximum Gasteiger partial charge on any atom is 0.455 e. The molecule has 248 valence electrons. The fourth-order valence-electron chi connectivity index (χ4n) is 8.22. The molecule has 0 amide bonds. The number of hydrogen-bond acceptors (Lipinski definition) is 7. The van der Waals surface area contributed by atoms with Crippen molar-refractivity contribution in [1.29, 1.82) is 0 Å². The number of aromatic nitrogens is 1. The number of hydrogen-bond donors (Lipinski definition) is 2. The van der Waals surface area contributed by atoms with Gasteiger partial charge in [-0.1, -0.05) is 78.9 Å². The van der Waals surface area contributed by atoms with Crippen LogP contribution >= 0.6 is 0 Å². The van der Waals surface area contributed by atoms with E-state index >= 15 is 0 Å². The summed E-state index contributed by atoms with van der Waals surface area (Å²) in [5, 5.41) is 23.4. The van der Waals surface area contributed by atoms with Crippen molar-refractivity contribution in [3.8, 4) is 11.5 Å². The number of ketones is 2. The summed E-state index contributed by atoms with van der Waals surface area (Å²) in [6, 6.07) is 33.8. The van der Waals surface area contributed by atoms with E-state index in [1.807, 2.05) is 78.9 Å². The van der Waals surface area contributed by atoms with E-state index in [4.69, 9.17) is 9.39 Å². The Morgan fingerprint density at radius 2 is 1.56 bits per heavy atom. The predicted molar refractivity (Wildman–Crippen MR) is 194 cm³/mol. The summed E-state index contributed by atoms with van der Waals surface area (Å²) in [6.07, 6.45) is 5.03. The Labute approximate surface area is 291 Å². The number of carbonyl (C=O) groups is 2. The molecule has 7 nitrogen and oxygen atoms in total. The average Bonchev–Trinajstić information content (AvgIpc) is 3.15. The first kappa shape index (κ1) is 31.9. The van der Waals surface area contributed by atoms with Gasteiger partial charge in [-0.2, -0.15) is 0 Å². The number of fused-ring (bicyclic) bond motifs is 5. The van der Waals surface area contributed by atoms with Crippen LogP contribution in [0.15, 0.2) is 127 Å². The Morgan fingerprint density at radius 3 is 2.34 bits per heavy atom. The number of Topliss-reactive ketones (excluding diaryl/α,β-unsaturated/α-hetero) is 2. The van der Waals surface area contributed by atoms with Crippen LogP contribution in [0.2, 0.25) is 6.32 Å². The molecule has 5 aromatic rings. The van der Waals surface area contributed by atoms with Crippen LogP contribution in [-0.4, -0.2) is 46.5 Å². The Morgan fingerprint density at radius 1 is 0.840 bits per heavy atom. The molecule has 3 aliphatic rings. The predicted octanol–water partition coefficient (Wildman–Crippen LogP) is 7.85. The van der Waals surface area contributed by atoms with Crippen LogP contribution in [0.5, 0.6) is 11.5 Å². The van der Waals surface area contributed by atoms with E-state index in [0.717, 1.165) is 38.7 Å². The number of rotatable bonds is 8. The van der Waals surface area contributed by atoms with Gasteiger partial charge in [0.05, 0.1) is 11.8 Å². The molecular formula is C42H36BNO6.